The van der Waals surface area contributed by atoms with Crippen LogP contribution in [0, 0.1) is 5.92 Å². The van der Waals surface area contributed by atoms with Gasteiger partial charge in [0.2, 0.25) is 11.8 Å². The summed E-state index contributed by atoms with van der Waals surface area (Å²) in [5.41, 5.74) is 1.56. The van der Waals surface area contributed by atoms with Crippen LogP contribution >= 0.6 is 11.3 Å². The predicted molar refractivity (Wildman–Crippen MR) is 140 cm³/mol. The summed E-state index contributed by atoms with van der Waals surface area (Å²) in [6.07, 6.45) is 2.15. The van der Waals surface area contributed by atoms with E-state index in [2.05, 4.69) is 15.6 Å². The number of nitrogens with one attached hydrogen (secondary N) is 2. The molecule has 0 spiro atoms. The molecule has 0 radical (unpaired) electrons. The second kappa shape index (κ2) is 13.4. The maximum Gasteiger partial charge on any atom is 0.290 e. The molecule has 0 saturated heterocycles. The second-order valence-electron chi connectivity index (χ2n) is 8.72. The lowest BCUT2D eigenvalue weighted by molar-refractivity contribution is -0.120. The van der Waals surface area contributed by atoms with Crippen LogP contribution in [0.1, 0.15) is 35.7 Å². The summed E-state index contributed by atoms with van der Waals surface area (Å²) in [4.78, 5) is 43.4. The van der Waals surface area contributed by atoms with E-state index in [0.29, 0.717) is 41.8 Å². The summed E-state index contributed by atoms with van der Waals surface area (Å²) < 4.78 is 15.7. The van der Waals surface area contributed by atoms with Crippen LogP contribution in [0.5, 0.6) is 11.5 Å². The Morgan fingerprint density at radius 3 is 2.57 bits per heavy atom. The van der Waals surface area contributed by atoms with Gasteiger partial charge in [-0.15, -0.1) is 11.3 Å². The van der Waals surface area contributed by atoms with Crippen molar-refractivity contribution in [3.8, 4) is 11.5 Å². The molecule has 0 bridgehead atoms. The number of hydrogen-bond acceptors (Lipinski definition) is 8. The van der Waals surface area contributed by atoms with Crippen molar-refractivity contribution >= 4 is 34.2 Å². The fourth-order valence-electron chi connectivity index (χ4n) is 3.60. The zero-order chi connectivity index (χ0) is 26.8. The highest BCUT2D eigenvalue weighted by Crippen LogP contribution is 2.27. The highest BCUT2D eigenvalue weighted by molar-refractivity contribution is 7.13. The Labute approximate surface area is 220 Å². The zero-order valence-corrected chi connectivity index (χ0v) is 22.2. The van der Waals surface area contributed by atoms with Gasteiger partial charge in [0, 0.05) is 18.5 Å². The van der Waals surface area contributed by atoms with E-state index in [1.54, 1.807) is 31.7 Å². The highest BCUT2D eigenvalue weighted by Gasteiger charge is 2.22. The van der Waals surface area contributed by atoms with Crippen molar-refractivity contribution in [1.29, 1.82) is 0 Å². The van der Waals surface area contributed by atoms with Crippen LogP contribution in [0.2, 0.25) is 0 Å². The fraction of sp³-hybridized carbons (Fsp3) is 0.385. The molecule has 2 N–H and O–H groups in total. The van der Waals surface area contributed by atoms with Gasteiger partial charge in [0.05, 0.1) is 32.6 Å². The Hall–Kier alpha value is -3.86. The van der Waals surface area contributed by atoms with Crippen molar-refractivity contribution in [1.82, 2.24) is 15.2 Å². The summed E-state index contributed by atoms with van der Waals surface area (Å²) in [6, 6.07) is 8.83. The minimum Gasteiger partial charge on any atom is -0.493 e. The molecular weight excluding hydrogens is 496 g/mol. The van der Waals surface area contributed by atoms with Gasteiger partial charge >= 0.3 is 0 Å². The Bertz CT molecular complexity index is 1190. The van der Waals surface area contributed by atoms with Crippen LogP contribution in [0.15, 0.2) is 46.4 Å². The van der Waals surface area contributed by atoms with Gasteiger partial charge in [-0.05, 0) is 42.2 Å². The molecule has 0 aliphatic heterocycles. The number of amides is 3. The molecule has 0 aliphatic rings. The molecule has 0 fully saturated rings. The summed E-state index contributed by atoms with van der Waals surface area (Å²) in [7, 11) is 3.16. The van der Waals surface area contributed by atoms with Crippen molar-refractivity contribution in [3.05, 3.63) is 59.0 Å². The van der Waals surface area contributed by atoms with E-state index in [-0.39, 0.29) is 42.4 Å². The lowest BCUT2D eigenvalue weighted by atomic mass is 10.1. The minimum atomic E-state index is -0.374. The van der Waals surface area contributed by atoms with Crippen molar-refractivity contribution < 1.29 is 28.3 Å². The van der Waals surface area contributed by atoms with Crippen molar-refractivity contribution in [3.63, 3.8) is 0 Å². The molecule has 10 nitrogen and oxygen atoms in total. The molecule has 198 valence electrons. The number of benzene rings is 1. The van der Waals surface area contributed by atoms with Gasteiger partial charge < -0.3 is 29.4 Å². The largest absolute Gasteiger partial charge is 0.493 e. The first-order chi connectivity index (χ1) is 17.8. The lowest BCUT2D eigenvalue weighted by Gasteiger charge is -2.22. The summed E-state index contributed by atoms with van der Waals surface area (Å²) >= 11 is 1.22. The van der Waals surface area contributed by atoms with E-state index in [1.807, 2.05) is 32.0 Å². The number of carbonyl (C=O) groups excluding carboxylic acids is 3. The number of rotatable bonds is 13. The van der Waals surface area contributed by atoms with Gasteiger partial charge in [0.25, 0.3) is 5.91 Å². The minimum absolute atomic E-state index is 0.0920. The molecular formula is C26H32N4O6S. The van der Waals surface area contributed by atoms with Gasteiger partial charge in [-0.25, -0.2) is 4.98 Å². The summed E-state index contributed by atoms with van der Waals surface area (Å²) in [5.74, 6) is 0.750. The van der Waals surface area contributed by atoms with Gasteiger partial charge in [-0.1, -0.05) is 19.9 Å². The number of hydrogen-bond donors (Lipinski definition) is 2. The third-order valence-corrected chi connectivity index (χ3v) is 6.07. The van der Waals surface area contributed by atoms with E-state index >= 15 is 0 Å². The molecule has 37 heavy (non-hydrogen) atoms. The molecule has 1 aromatic carbocycles. The highest BCUT2D eigenvalue weighted by atomic mass is 32.1. The predicted octanol–water partition coefficient (Wildman–Crippen LogP) is 3.39. The number of nitrogens with zero attached hydrogens (tertiary/aromatic N) is 2. The number of thiazole rings is 1. The van der Waals surface area contributed by atoms with E-state index in [1.165, 1.54) is 22.5 Å². The lowest BCUT2D eigenvalue weighted by Crippen LogP contribution is -2.40. The quantitative estimate of drug-likeness (QED) is 0.349. The van der Waals surface area contributed by atoms with Crippen molar-refractivity contribution in [2.24, 2.45) is 5.92 Å². The Kier molecular flexibility index (Phi) is 10.1. The van der Waals surface area contributed by atoms with Crippen LogP contribution in [-0.4, -0.2) is 61.5 Å². The van der Waals surface area contributed by atoms with Crippen molar-refractivity contribution in [2.75, 3.05) is 39.2 Å². The zero-order valence-electron chi connectivity index (χ0n) is 21.4. The SMILES string of the molecule is COc1ccc(CCNC(=O)Cc2csc(NC(=O)CN(CC(C)C)C(=O)c3ccco3)n2)cc1OC. The number of ether oxygens (including phenoxy) is 2. The molecule has 11 heteroatoms. The maximum absolute atomic E-state index is 12.7. The summed E-state index contributed by atoms with van der Waals surface area (Å²) in [5, 5.41) is 7.69. The monoisotopic (exact) mass is 528 g/mol. The number of carbonyl (C=O) groups is 3. The van der Waals surface area contributed by atoms with Gasteiger partial charge in [0.1, 0.15) is 6.54 Å². The van der Waals surface area contributed by atoms with Crippen LogP contribution in [0.3, 0.4) is 0 Å². The van der Waals surface area contributed by atoms with Crippen LogP contribution in [-0.2, 0) is 22.4 Å². The van der Waals surface area contributed by atoms with E-state index in [0.717, 1.165) is 5.56 Å². The third-order valence-electron chi connectivity index (χ3n) is 5.26. The fourth-order valence-corrected chi connectivity index (χ4v) is 4.33. The molecule has 3 amide bonds. The number of furan rings is 1. The Morgan fingerprint density at radius 1 is 1.11 bits per heavy atom. The average Bonchev–Trinajstić information content (AvgIpc) is 3.55. The van der Waals surface area contributed by atoms with Gasteiger partial charge in [-0.2, -0.15) is 0 Å². The molecule has 0 unspecified atom stereocenters. The molecule has 0 saturated carbocycles. The Morgan fingerprint density at radius 2 is 1.89 bits per heavy atom. The van der Waals surface area contributed by atoms with E-state index in [4.69, 9.17) is 13.9 Å². The number of aromatic nitrogens is 1. The molecule has 2 heterocycles. The van der Waals surface area contributed by atoms with Crippen molar-refractivity contribution in [2.45, 2.75) is 26.7 Å². The normalized spacial score (nSPS) is 10.7. The standard InChI is InChI=1S/C26H32N4O6S/c1-17(2)14-30(25(33)21-6-5-11-36-21)15-24(32)29-26-28-19(16-37-26)13-23(31)27-10-9-18-7-8-20(34-3)22(12-18)35-4/h5-8,11-12,16-17H,9-10,13-15H2,1-4H3,(H,27,31)(H,28,29,32). The second-order valence-corrected chi connectivity index (χ2v) is 9.57. The molecule has 0 aliphatic carbocycles. The van der Waals surface area contributed by atoms with E-state index in [9.17, 15) is 14.4 Å². The topological polar surface area (TPSA) is 123 Å². The first kappa shape index (κ1) is 27.7. The van der Waals surface area contributed by atoms with Crippen LogP contribution < -0.4 is 20.1 Å². The number of methoxy groups -OCH3 is 2. The molecule has 0 atom stereocenters. The van der Waals surface area contributed by atoms with Gasteiger partial charge in [-0.3, -0.25) is 14.4 Å². The van der Waals surface area contributed by atoms with E-state index < -0.39 is 0 Å². The summed E-state index contributed by atoms with van der Waals surface area (Å²) in [6.45, 7) is 4.65. The van der Waals surface area contributed by atoms with Gasteiger partial charge in [0.15, 0.2) is 22.4 Å². The van der Waals surface area contributed by atoms with Crippen LogP contribution in [0.25, 0.3) is 0 Å². The number of anilines is 1. The maximum atomic E-state index is 12.7. The van der Waals surface area contributed by atoms with Crippen LogP contribution in [0.4, 0.5) is 5.13 Å². The third kappa shape index (κ3) is 8.35. The smallest absolute Gasteiger partial charge is 0.290 e. The average molecular weight is 529 g/mol. The molecule has 3 aromatic rings. The Balaban J connectivity index is 1.47. The molecule has 2 aromatic heterocycles. The molecule has 3 rings (SSSR count). The first-order valence-electron chi connectivity index (χ1n) is 11.8. The first-order valence-corrected chi connectivity index (χ1v) is 12.7.